The zero-order chi connectivity index (χ0) is 13.9. The van der Waals surface area contributed by atoms with E-state index in [1.165, 1.54) is 6.07 Å². The number of aliphatic hydroxyl groups excluding tert-OH is 1. The Kier molecular flexibility index (Phi) is 4.04. The summed E-state index contributed by atoms with van der Waals surface area (Å²) in [5.41, 5.74) is -0.131. The first-order chi connectivity index (χ1) is 9.06. The molecule has 1 heterocycles. The van der Waals surface area contributed by atoms with E-state index in [1.807, 2.05) is 0 Å². The summed E-state index contributed by atoms with van der Waals surface area (Å²) < 4.78 is 0. The third kappa shape index (κ3) is 3.04. The van der Waals surface area contributed by atoms with Gasteiger partial charge in [-0.1, -0.05) is 19.3 Å². The van der Waals surface area contributed by atoms with E-state index >= 15 is 0 Å². The maximum atomic E-state index is 12.2. The normalized spacial score (nSPS) is 18.0. The Bertz CT molecular complexity index is 516. The van der Waals surface area contributed by atoms with E-state index in [0.29, 0.717) is 0 Å². The molecule has 19 heavy (non-hydrogen) atoms. The summed E-state index contributed by atoms with van der Waals surface area (Å²) >= 11 is 0. The molecule has 5 nitrogen and oxygen atoms in total. The van der Waals surface area contributed by atoms with Gasteiger partial charge in [-0.25, -0.2) is 0 Å². The van der Waals surface area contributed by atoms with Crippen molar-refractivity contribution in [3.63, 3.8) is 0 Å². The van der Waals surface area contributed by atoms with Crippen LogP contribution >= 0.6 is 0 Å². The summed E-state index contributed by atoms with van der Waals surface area (Å²) in [6, 6.07) is 3.22. The topological polar surface area (TPSA) is 82.2 Å². The Morgan fingerprint density at radius 1 is 1.37 bits per heavy atom. The molecule has 1 saturated carbocycles. The van der Waals surface area contributed by atoms with Crippen LogP contribution in [0, 0.1) is 6.92 Å². The fourth-order valence-corrected chi connectivity index (χ4v) is 2.61. The van der Waals surface area contributed by atoms with Crippen molar-refractivity contribution in [2.75, 3.05) is 6.61 Å². The second kappa shape index (κ2) is 5.57. The third-order valence-corrected chi connectivity index (χ3v) is 3.79. The Morgan fingerprint density at radius 2 is 2.05 bits per heavy atom. The minimum absolute atomic E-state index is 0.0808. The molecule has 5 heteroatoms. The molecule has 0 aromatic carbocycles. The molecule has 1 aromatic rings. The zero-order valence-corrected chi connectivity index (χ0v) is 11.2. The quantitative estimate of drug-likeness (QED) is 0.764. The molecule has 3 N–H and O–H groups in total. The Morgan fingerprint density at radius 3 is 2.63 bits per heavy atom. The van der Waals surface area contributed by atoms with Crippen molar-refractivity contribution >= 4 is 5.91 Å². The number of hydrogen-bond donors (Lipinski definition) is 3. The number of hydrogen-bond acceptors (Lipinski definition) is 3. The first-order valence-corrected chi connectivity index (χ1v) is 6.70. The van der Waals surface area contributed by atoms with E-state index < -0.39 is 11.4 Å². The predicted octanol–water partition coefficient (Wildman–Crippen LogP) is 1.11. The summed E-state index contributed by atoms with van der Waals surface area (Å²) in [4.78, 5) is 26.5. The second-order valence-electron chi connectivity index (χ2n) is 5.34. The van der Waals surface area contributed by atoms with Gasteiger partial charge in [-0.15, -0.1) is 0 Å². The van der Waals surface area contributed by atoms with Crippen LogP contribution in [-0.2, 0) is 0 Å². The van der Waals surface area contributed by atoms with Gasteiger partial charge < -0.3 is 15.4 Å². The van der Waals surface area contributed by atoms with Crippen molar-refractivity contribution in [1.82, 2.24) is 10.3 Å². The van der Waals surface area contributed by atoms with E-state index in [2.05, 4.69) is 10.3 Å². The van der Waals surface area contributed by atoms with Crippen molar-refractivity contribution in [3.05, 3.63) is 33.7 Å². The number of amides is 1. The lowest BCUT2D eigenvalue weighted by Gasteiger charge is -2.36. The van der Waals surface area contributed by atoms with Crippen LogP contribution < -0.4 is 10.9 Å². The average molecular weight is 264 g/mol. The van der Waals surface area contributed by atoms with E-state index in [-0.39, 0.29) is 17.7 Å². The minimum Gasteiger partial charge on any atom is -0.394 e. The van der Waals surface area contributed by atoms with Crippen LogP contribution in [0.5, 0.6) is 0 Å². The SMILES string of the molecule is Cc1ccc(C(=O)NC2(CO)CCCCC2)c(=O)[nH]1. The van der Waals surface area contributed by atoms with Gasteiger partial charge in [-0.05, 0) is 31.9 Å². The molecule has 0 spiro atoms. The molecule has 0 bridgehead atoms. The first-order valence-electron chi connectivity index (χ1n) is 6.70. The van der Waals surface area contributed by atoms with E-state index in [0.717, 1.165) is 37.8 Å². The number of aryl methyl sites for hydroxylation is 1. The van der Waals surface area contributed by atoms with Crippen LogP contribution in [0.15, 0.2) is 16.9 Å². The van der Waals surface area contributed by atoms with Crippen molar-refractivity contribution in [1.29, 1.82) is 0 Å². The number of aliphatic hydroxyl groups is 1. The number of H-pyrrole nitrogens is 1. The van der Waals surface area contributed by atoms with E-state index in [9.17, 15) is 14.7 Å². The van der Waals surface area contributed by atoms with Crippen LogP contribution in [-0.4, -0.2) is 28.1 Å². The highest BCUT2D eigenvalue weighted by Gasteiger charge is 2.33. The average Bonchev–Trinajstić information content (AvgIpc) is 2.39. The molecule has 2 rings (SSSR count). The maximum Gasteiger partial charge on any atom is 0.260 e. The van der Waals surface area contributed by atoms with Gasteiger partial charge >= 0.3 is 0 Å². The highest BCUT2D eigenvalue weighted by atomic mass is 16.3. The Hall–Kier alpha value is -1.62. The number of carbonyl (C=O) groups is 1. The summed E-state index contributed by atoms with van der Waals surface area (Å²) in [5, 5.41) is 12.4. The fourth-order valence-electron chi connectivity index (χ4n) is 2.61. The lowest BCUT2D eigenvalue weighted by molar-refractivity contribution is 0.0757. The predicted molar refractivity (Wildman–Crippen MR) is 72.2 cm³/mol. The van der Waals surface area contributed by atoms with Gasteiger partial charge in [-0.2, -0.15) is 0 Å². The molecular formula is C14H20N2O3. The molecule has 1 aliphatic carbocycles. The summed E-state index contributed by atoms with van der Waals surface area (Å²) in [6.07, 6.45) is 4.64. The number of pyridine rings is 1. The summed E-state index contributed by atoms with van der Waals surface area (Å²) in [6.45, 7) is 1.68. The molecule has 1 fully saturated rings. The monoisotopic (exact) mass is 264 g/mol. The largest absolute Gasteiger partial charge is 0.394 e. The summed E-state index contributed by atoms with van der Waals surface area (Å²) in [5.74, 6) is -0.405. The molecule has 1 aromatic heterocycles. The maximum absolute atomic E-state index is 12.2. The molecule has 0 atom stereocenters. The van der Waals surface area contributed by atoms with Crippen LogP contribution in [0.3, 0.4) is 0 Å². The van der Waals surface area contributed by atoms with Crippen molar-refractivity contribution < 1.29 is 9.90 Å². The molecule has 1 amide bonds. The molecule has 104 valence electrons. The van der Waals surface area contributed by atoms with Crippen molar-refractivity contribution in [2.45, 2.75) is 44.6 Å². The molecule has 0 saturated heterocycles. The van der Waals surface area contributed by atoms with Crippen molar-refractivity contribution in [2.24, 2.45) is 0 Å². The zero-order valence-electron chi connectivity index (χ0n) is 11.2. The van der Waals surface area contributed by atoms with E-state index in [4.69, 9.17) is 0 Å². The molecule has 0 radical (unpaired) electrons. The van der Waals surface area contributed by atoms with Gasteiger partial charge in [0.1, 0.15) is 5.56 Å². The fraction of sp³-hybridized carbons (Fsp3) is 0.571. The second-order valence-corrected chi connectivity index (χ2v) is 5.34. The van der Waals surface area contributed by atoms with Crippen molar-refractivity contribution in [3.8, 4) is 0 Å². The molecule has 0 unspecified atom stereocenters. The van der Waals surface area contributed by atoms with Gasteiger partial charge in [0, 0.05) is 5.69 Å². The lowest BCUT2D eigenvalue weighted by Crippen LogP contribution is -2.53. The highest BCUT2D eigenvalue weighted by molar-refractivity contribution is 5.94. The standard InChI is InChI=1S/C14H20N2O3/c1-10-5-6-11(12(18)15-10)13(19)16-14(9-17)7-3-2-4-8-14/h5-6,17H,2-4,7-9H2,1H3,(H,15,18)(H,16,19). The van der Waals surface area contributed by atoms with Crippen LogP contribution in [0.25, 0.3) is 0 Å². The van der Waals surface area contributed by atoms with Crippen LogP contribution in [0.2, 0.25) is 0 Å². The highest BCUT2D eigenvalue weighted by Crippen LogP contribution is 2.27. The number of aromatic amines is 1. The number of carbonyl (C=O) groups excluding carboxylic acids is 1. The smallest absolute Gasteiger partial charge is 0.260 e. The third-order valence-electron chi connectivity index (χ3n) is 3.79. The Balaban J connectivity index is 2.17. The first kappa shape index (κ1) is 13.8. The van der Waals surface area contributed by atoms with E-state index in [1.54, 1.807) is 13.0 Å². The minimum atomic E-state index is -0.563. The molecular weight excluding hydrogens is 244 g/mol. The number of rotatable bonds is 3. The van der Waals surface area contributed by atoms with Gasteiger partial charge in [-0.3, -0.25) is 9.59 Å². The molecule has 1 aliphatic rings. The van der Waals surface area contributed by atoms with Gasteiger partial charge in [0.25, 0.3) is 11.5 Å². The lowest BCUT2D eigenvalue weighted by atomic mass is 9.82. The molecule has 0 aliphatic heterocycles. The van der Waals surface area contributed by atoms with Gasteiger partial charge in [0.05, 0.1) is 12.1 Å². The van der Waals surface area contributed by atoms with Crippen LogP contribution in [0.1, 0.15) is 48.2 Å². The Labute approximate surface area is 112 Å². The summed E-state index contributed by atoms with van der Waals surface area (Å²) in [7, 11) is 0. The van der Waals surface area contributed by atoms with Gasteiger partial charge in [0.2, 0.25) is 0 Å². The van der Waals surface area contributed by atoms with Gasteiger partial charge in [0.15, 0.2) is 0 Å². The number of nitrogens with one attached hydrogen (secondary N) is 2. The van der Waals surface area contributed by atoms with Crippen LogP contribution in [0.4, 0.5) is 0 Å². The number of aromatic nitrogens is 1.